The van der Waals surface area contributed by atoms with E-state index in [2.05, 4.69) is 22.6 Å². The molecular weight excluding hydrogens is 372 g/mol. The van der Waals surface area contributed by atoms with Crippen LogP contribution in [0, 0.1) is 6.92 Å². The number of unbranched alkanes of at least 4 members (excludes halogenated alkanes) is 1. The fourth-order valence-corrected chi connectivity index (χ4v) is 4.04. The monoisotopic (exact) mass is 400 g/mol. The van der Waals surface area contributed by atoms with Gasteiger partial charge in [0.2, 0.25) is 5.91 Å². The first kappa shape index (κ1) is 20.4. The van der Waals surface area contributed by atoms with Crippen LogP contribution in [0.25, 0.3) is 6.08 Å². The molecule has 1 unspecified atom stereocenters. The Morgan fingerprint density at radius 1 is 1.43 bits per heavy atom. The number of hydrogen-bond acceptors (Lipinski definition) is 5. The predicted molar refractivity (Wildman–Crippen MR) is 113 cm³/mol. The Hall–Kier alpha value is -2.34. The quantitative estimate of drug-likeness (QED) is 0.503. The van der Waals surface area contributed by atoms with Gasteiger partial charge in [0.25, 0.3) is 0 Å². The fraction of sp³-hybridized carbons (Fsp3) is 0.455. The molecule has 0 saturated heterocycles. The molecule has 0 aliphatic carbocycles. The standard InChI is InChI=1S/C22H28N2O3S/c1-4-26-19-13-18-11-16(3)27-20(18)12-17(19)8-9-21(25)23-10-6-5-7-22-24-15(2)14-28-22/h8-9,12-14,16H,4-7,10-11H2,1-3H3,(H,23,25)/b9-8+. The number of thiazole rings is 1. The van der Waals surface area contributed by atoms with E-state index in [4.69, 9.17) is 9.47 Å². The number of ether oxygens (including phenoxy) is 2. The van der Waals surface area contributed by atoms with E-state index in [1.165, 1.54) is 5.01 Å². The van der Waals surface area contributed by atoms with Crippen molar-refractivity contribution in [1.82, 2.24) is 10.3 Å². The zero-order valence-electron chi connectivity index (χ0n) is 16.8. The van der Waals surface area contributed by atoms with Crippen molar-refractivity contribution in [3.8, 4) is 11.5 Å². The lowest BCUT2D eigenvalue weighted by molar-refractivity contribution is -0.116. The predicted octanol–water partition coefficient (Wildman–Crippen LogP) is 4.33. The minimum absolute atomic E-state index is 0.0951. The van der Waals surface area contributed by atoms with Crippen molar-refractivity contribution in [2.45, 2.75) is 52.6 Å². The molecule has 1 N–H and O–H groups in total. The molecule has 0 fully saturated rings. The highest BCUT2D eigenvalue weighted by molar-refractivity contribution is 7.09. The summed E-state index contributed by atoms with van der Waals surface area (Å²) in [6, 6.07) is 3.99. The molecule has 1 atom stereocenters. The van der Waals surface area contributed by atoms with Gasteiger partial charge in [-0.15, -0.1) is 11.3 Å². The van der Waals surface area contributed by atoms with E-state index >= 15 is 0 Å². The van der Waals surface area contributed by atoms with Gasteiger partial charge >= 0.3 is 0 Å². The van der Waals surface area contributed by atoms with E-state index < -0.39 is 0 Å². The Bertz CT molecular complexity index is 844. The number of aryl methyl sites for hydroxylation is 2. The number of carbonyl (C=O) groups excluding carboxylic acids is 1. The third kappa shape index (κ3) is 5.58. The van der Waals surface area contributed by atoms with Crippen molar-refractivity contribution in [3.05, 3.63) is 45.4 Å². The van der Waals surface area contributed by atoms with Crippen molar-refractivity contribution < 1.29 is 14.3 Å². The second-order valence-corrected chi connectivity index (χ2v) is 7.97. The molecule has 0 spiro atoms. The molecule has 5 nitrogen and oxygen atoms in total. The molecule has 1 aromatic heterocycles. The molecular formula is C22H28N2O3S. The summed E-state index contributed by atoms with van der Waals surface area (Å²) in [7, 11) is 0. The molecule has 1 amide bonds. The van der Waals surface area contributed by atoms with Crippen molar-refractivity contribution in [3.63, 3.8) is 0 Å². The Kier molecular flexibility index (Phi) is 7.09. The average Bonchev–Trinajstić information content (AvgIpc) is 3.23. The highest BCUT2D eigenvalue weighted by Gasteiger charge is 2.21. The van der Waals surface area contributed by atoms with Crippen molar-refractivity contribution in [1.29, 1.82) is 0 Å². The zero-order valence-corrected chi connectivity index (χ0v) is 17.6. The summed E-state index contributed by atoms with van der Waals surface area (Å²) >= 11 is 1.70. The summed E-state index contributed by atoms with van der Waals surface area (Å²) in [5.74, 6) is 1.58. The van der Waals surface area contributed by atoms with E-state index in [1.54, 1.807) is 23.5 Å². The maximum Gasteiger partial charge on any atom is 0.244 e. The van der Waals surface area contributed by atoms with Gasteiger partial charge in [-0.05, 0) is 58.2 Å². The van der Waals surface area contributed by atoms with Crippen molar-refractivity contribution in [2.24, 2.45) is 0 Å². The summed E-state index contributed by atoms with van der Waals surface area (Å²) in [5, 5.41) is 6.18. The van der Waals surface area contributed by atoms with Crippen molar-refractivity contribution in [2.75, 3.05) is 13.2 Å². The summed E-state index contributed by atoms with van der Waals surface area (Å²) in [6.07, 6.45) is 7.35. The number of nitrogens with zero attached hydrogens (tertiary/aromatic N) is 1. The van der Waals surface area contributed by atoms with Crippen LogP contribution >= 0.6 is 11.3 Å². The number of amides is 1. The van der Waals surface area contributed by atoms with Gasteiger partial charge in [-0.3, -0.25) is 4.79 Å². The number of hydrogen-bond donors (Lipinski definition) is 1. The molecule has 0 radical (unpaired) electrons. The highest BCUT2D eigenvalue weighted by atomic mass is 32.1. The smallest absolute Gasteiger partial charge is 0.244 e. The Labute approximate surface area is 170 Å². The van der Waals surface area contributed by atoms with Gasteiger partial charge in [-0.2, -0.15) is 0 Å². The molecule has 0 saturated carbocycles. The molecule has 150 valence electrons. The van der Waals surface area contributed by atoms with Gasteiger partial charge in [0.05, 0.1) is 11.6 Å². The summed E-state index contributed by atoms with van der Waals surface area (Å²) in [6.45, 7) is 7.27. The van der Waals surface area contributed by atoms with Gasteiger partial charge in [-0.1, -0.05) is 0 Å². The topological polar surface area (TPSA) is 60.5 Å². The lowest BCUT2D eigenvalue weighted by Gasteiger charge is -2.10. The molecule has 6 heteroatoms. The molecule has 1 aromatic carbocycles. The highest BCUT2D eigenvalue weighted by Crippen LogP contribution is 2.35. The average molecular weight is 401 g/mol. The Morgan fingerprint density at radius 2 is 2.29 bits per heavy atom. The number of carbonyl (C=O) groups is 1. The van der Waals surface area contributed by atoms with Gasteiger partial charge in [0, 0.05) is 41.2 Å². The second kappa shape index (κ2) is 9.73. The van der Waals surface area contributed by atoms with Crippen LogP contribution in [0.15, 0.2) is 23.6 Å². The number of fused-ring (bicyclic) bond motifs is 1. The van der Waals surface area contributed by atoms with Gasteiger partial charge in [0.15, 0.2) is 0 Å². The van der Waals surface area contributed by atoms with E-state index in [9.17, 15) is 4.79 Å². The molecule has 3 rings (SSSR count). The van der Waals surface area contributed by atoms with Gasteiger partial charge in [0.1, 0.15) is 17.6 Å². The largest absolute Gasteiger partial charge is 0.493 e. The third-order valence-corrected chi connectivity index (χ3v) is 5.55. The molecule has 0 bridgehead atoms. The van der Waals surface area contributed by atoms with Crippen LogP contribution in [-0.4, -0.2) is 30.1 Å². The normalized spacial score (nSPS) is 15.5. The van der Waals surface area contributed by atoms with Crippen molar-refractivity contribution >= 4 is 23.3 Å². The minimum Gasteiger partial charge on any atom is -0.493 e. The van der Waals surface area contributed by atoms with Gasteiger partial charge < -0.3 is 14.8 Å². The Balaban J connectivity index is 1.48. The Morgan fingerprint density at radius 3 is 3.04 bits per heavy atom. The molecule has 2 aromatic rings. The maximum atomic E-state index is 12.1. The molecule has 28 heavy (non-hydrogen) atoms. The summed E-state index contributed by atoms with van der Waals surface area (Å²) in [4.78, 5) is 16.6. The molecule has 2 heterocycles. The van der Waals surface area contributed by atoms with E-state index in [1.807, 2.05) is 26.0 Å². The summed E-state index contributed by atoms with van der Waals surface area (Å²) < 4.78 is 11.6. The zero-order chi connectivity index (χ0) is 19.9. The molecule has 1 aliphatic heterocycles. The number of rotatable bonds is 9. The van der Waals surface area contributed by atoms with Gasteiger partial charge in [-0.25, -0.2) is 4.98 Å². The van der Waals surface area contributed by atoms with Crippen LogP contribution in [0.1, 0.15) is 48.5 Å². The second-order valence-electron chi connectivity index (χ2n) is 7.03. The van der Waals surface area contributed by atoms with Crippen LogP contribution in [0.5, 0.6) is 11.5 Å². The first-order valence-electron chi connectivity index (χ1n) is 9.88. The number of nitrogens with one attached hydrogen (secondary N) is 1. The first-order chi connectivity index (χ1) is 13.5. The fourth-order valence-electron chi connectivity index (χ4n) is 3.22. The minimum atomic E-state index is -0.0951. The number of aromatic nitrogens is 1. The summed E-state index contributed by atoms with van der Waals surface area (Å²) in [5.41, 5.74) is 3.10. The first-order valence-corrected chi connectivity index (χ1v) is 10.8. The maximum absolute atomic E-state index is 12.1. The lowest BCUT2D eigenvalue weighted by Crippen LogP contribution is -2.22. The van der Waals surface area contributed by atoms with Crippen LogP contribution in [0.4, 0.5) is 0 Å². The molecule has 1 aliphatic rings. The van der Waals surface area contributed by atoms with Crippen LogP contribution in [0.2, 0.25) is 0 Å². The number of benzene rings is 1. The van der Waals surface area contributed by atoms with Crippen LogP contribution < -0.4 is 14.8 Å². The lowest BCUT2D eigenvalue weighted by atomic mass is 10.1. The van der Waals surface area contributed by atoms with E-state index in [-0.39, 0.29) is 12.0 Å². The van der Waals surface area contributed by atoms with E-state index in [0.717, 1.165) is 54.0 Å². The van der Waals surface area contributed by atoms with Crippen LogP contribution in [-0.2, 0) is 17.6 Å². The van der Waals surface area contributed by atoms with E-state index in [0.29, 0.717) is 13.2 Å². The van der Waals surface area contributed by atoms with Crippen LogP contribution in [0.3, 0.4) is 0 Å². The SMILES string of the molecule is CCOc1cc2c(cc1/C=C/C(=O)NCCCCc1nc(C)cs1)OC(C)C2. The third-order valence-electron chi connectivity index (χ3n) is 4.53.